The van der Waals surface area contributed by atoms with E-state index in [1.807, 2.05) is 42.0 Å². The second-order valence-electron chi connectivity index (χ2n) is 7.79. The predicted molar refractivity (Wildman–Crippen MR) is 124 cm³/mol. The zero-order valence-corrected chi connectivity index (χ0v) is 19.5. The number of fused-ring (bicyclic) bond motifs is 1. The van der Waals surface area contributed by atoms with E-state index < -0.39 is 22.0 Å². The monoisotopic (exact) mass is 470 g/mol. The van der Waals surface area contributed by atoms with Gasteiger partial charge >= 0.3 is 0 Å². The average Bonchev–Trinajstić information content (AvgIpc) is 3.22. The Bertz CT molecular complexity index is 1250. The van der Waals surface area contributed by atoms with Gasteiger partial charge < -0.3 is 19.4 Å². The Balaban J connectivity index is 1.47. The van der Waals surface area contributed by atoms with Crippen LogP contribution in [-0.4, -0.2) is 49.4 Å². The third kappa shape index (κ3) is 4.95. The molecule has 4 rings (SSSR count). The minimum atomic E-state index is -3.74. The van der Waals surface area contributed by atoms with Gasteiger partial charge in [0.15, 0.2) is 11.5 Å². The van der Waals surface area contributed by atoms with Gasteiger partial charge in [0.2, 0.25) is 15.9 Å². The topological polar surface area (TPSA) is 103 Å². The summed E-state index contributed by atoms with van der Waals surface area (Å²) in [4.78, 5) is 17.1. The van der Waals surface area contributed by atoms with Crippen molar-refractivity contribution in [2.75, 3.05) is 23.8 Å². The van der Waals surface area contributed by atoms with E-state index in [0.29, 0.717) is 30.4 Å². The highest BCUT2D eigenvalue weighted by atomic mass is 32.2. The van der Waals surface area contributed by atoms with Crippen molar-refractivity contribution in [2.45, 2.75) is 26.4 Å². The van der Waals surface area contributed by atoms with E-state index in [2.05, 4.69) is 10.3 Å². The van der Waals surface area contributed by atoms with E-state index in [4.69, 9.17) is 9.47 Å². The summed E-state index contributed by atoms with van der Waals surface area (Å²) in [5.74, 6) is 1.47. The van der Waals surface area contributed by atoms with Crippen LogP contribution >= 0.6 is 0 Å². The summed E-state index contributed by atoms with van der Waals surface area (Å²) in [5.41, 5.74) is 2.20. The van der Waals surface area contributed by atoms with Crippen molar-refractivity contribution in [1.82, 2.24) is 14.9 Å². The molecule has 3 aromatic rings. The summed E-state index contributed by atoms with van der Waals surface area (Å²) in [6.45, 7) is 4.56. The normalized spacial score (nSPS) is 13.9. The number of nitrogens with one attached hydrogen (secondary N) is 1. The number of ether oxygens (including phenoxy) is 2. The van der Waals surface area contributed by atoms with Crippen molar-refractivity contribution < 1.29 is 22.7 Å². The second kappa shape index (κ2) is 9.14. The molecule has 0 unspecified atom stereocenters. The number of nitrogens with zero attached hydrogens (tertiary/aromatic N) is 3. The molecule has 1 amide bonds. The molecule has 0 bridgehead atoms. The Kier molecular flexibility index (Phi) is 6.28. The summed E-state index contributed by atoms with van der Waals surface area (Å²) in [7, 11) is -3.74. The lowest BCUT2D eigenvalue weighted by molar-refractivity contribution is -0.122. The van der Waals surface area contributed by atoms with Crippen LogP contribution in [-0.2, 0) is 21.4 Å². The fourth-order valence-corrected chi connectivity index (χ4v) is 4.91. The van der Waals surface area contributed by atoms with Crippen LogP contribution in [0.1, 0.15) is 18.3 Å². The maximum Gasteiger partial charge on any atom is 0.243 e. The number of benzene rings is 2. The largest absolute Gasteiger partial charge is 0.486 e. The van der Waals surface area contributed by atoms with Crippen LogP contribution in [0.3, 0.4) is 0 Å². The van der Waals surface area contributed by atoms with Crippen LogP contribution < -0.4 is 19.1 Å². The summed E-state index contributed by atoms with van der Waals surface area (Å²) in [6, 6.07) is 11.6. The number of rotatable bonds is 7. The summed E-state index contributed by atoms with van der Waals surface area (Å²) >= 11 is 0. The van der Waals surface area contributed by atoms with Crippen molar-refractivity contribution in [2.24, 2.45) is 0 Å². The van der Waals surface area contributed by atoms with E-state index in [0.717, 1.165) is 27.6 Å². The first-order valence-corrected chi connectivity index (χ1v) is 12.3. The number of aromatic nitrogens is 2. The highest BCUT2D eigenvalue weighted by Gasteiger charge is 2.30. The van der Waals surface area contributed by atoms with Gasteiger partial charge in [-0.15, -0.1) is 0 Å². The van der Waals surface area contributed by atoms with Gasteiger partial charge in [-0.3, -0.25) is 9.10 Å². The van der Waals surface area contributed by atoms with Crippen LogP contribution in [0.2, 0.25) is 0 Å². The molecule has 0 radical (unpaired) electrons. The van der Waals surface area contributed by atoms with Crippen LogP contribution in [0.25, 0.3) is 5.69 Å². The minimum Gasteiger partial charge on any atom is -0.486 e. The third-order valence-corrected chi connectivity index (χ3v) is 6.62. The van der Waals surface area contributed by atoms with Gasteiger partial charge in [0.1, 0.15) is 25.1 Å². The van der Waals surface area contributed by atoms with E-state index in [9.17, 15) is 13.2 Å². The molecule has 0 spiro atoms. The van der Waals surface area contributed by atoms with Gasteiger partial charge in [0.05, 0.1) is 11.9 Å². The van der Waals surface area contributed by atoms with Gasteiger partial charge in [-0.25, -0.2) is 13.4 Å². The SMILES string of the molecule is Cc1nccn1-c1ccc(CNC(=O)[C@H](C)N(c2ccc3c(c2)OCCO3)S(C)(=O)=O)cc1. The van der Waals surface area contributed by atoms with Crippen molar-refractivity contribution in [1.29, 1.82) is 0 Å². The third-order valence-electron chi connectivity index (χ3n) is 5.38. The van der Waals surface area contributed by atoms with Crippen molar-refractivity contribution >= 4 is 21.6 Å². The molecule has 10 heteroatoms. The first-order chi connectivity index (χ1) is 15.7. The number of imidazole rings is 1. The number of aryl methyl sites for hydroxylation is 1. The van der Waals surface area contributed by atoms with E-state index in [1.54, 1.807) is 31.3 Å². The van der Waals surface area contributed by atoms with E-state index in [-0.39, 0.29) is 6.54 Å². The maximum atomic E-state index is 12.9. The molecule has 0 saturated carbocycles. The molecular weight excluding hydrogens is 444 g/mol. The molecule has 2 heterocycles. The van der Waals surface area contributed by atoms with Gasteiger partial charge in [-0.1, -0.05) is 12.1 Å². The van der Waals surface area contributed by atoms with Gasteiger partial charge in [-0.2, -0.15) is 0 Å². The lowest BCUT2D eigenvalue weighted by atomic mass is 10.2. The standard InChI is InChI=1S/C23H26N4O5S/c1-16(27(33(3,29)30)20-8-9-21-22(14-20)32-13-12-31-21)23(28)25-15-18-4-6-19(7-5-18)26-11-10-24-17(26)2/h4-11,14,16H,12-13,15H2,1-3H3,(H,25,28)/t16-/m0/s1. The number of anilines is 1. The molecular formula is C23H26N4O5S. The Morgan fingerprint density at radius 2 is 1.85 bits per heavy atom. The highest BCUT2D eigenvalue weighted by Crippen LogP contribution is 2.35. The average molecular weight is 471 g/mol. The van der Waals surface area contributed by atoms with Gasteiger partial charge in [0, 0.05) is 30.7 Å². The minimum absolute atomic E-state index is 0.269. The molecule has 1 N–H and O–H groups in total. The molecule has 0 saturated heterocycles. The summed E-state index contributed by atoms with van der Waals surface area (Å²) in [6.07, 6.45) is 4.69. The fraction of sp³-hybridized carbons (Fsp3) is 0.304. The molecule has 0 fully saturated rings. The van der Waals surface area contributed by atoms with Gasteiger partial charge in [0.25, 0.3) is 0 Å². The molecule has 1 aliphatic rings. The Morgan fingerprint density at radius 3 is 2.48 bits per heavy atom. The van der Waals surface area contributed by atoms with Crippen molar-refractivity contribution in [3.63, 3.8) is 0 Å². The van der Waals surface area contributed by atoms with Crippen LogP contribution in [0.15, 0.2) is 54.9 Å². The summed E-state index contributed by atoms with van der Waals surface area (Å²) in [5, 5.41) is 2.83. The van der Waals surface area contributed by atoms with Gasteiger partial charge in [-0.05, 0) is 43.7 Å². The summed E-state index contributed by atoms with van der Waals surface area (Å²) < 4.78 is 39.2. The first kappa shape index (κ1) is 22.7. The van der Waals surface area contributed by atoms with Crippen molar-refractivity contribution in [3.05, 3.63) is 66.2 Å². The number of sulfonamides is 1. The number of carbonyl (C=O) groups is 1. The molecule has 1 aromatic heterocycles. The quantitative estimate of drug-likeness (QED) is 0.569. The zero-order chi connectivity index (χ0) is 23.6. The molecule has 2 aromatic carbocycles. The van der Waals surface area contributed by atoms with E-state index >= 15 is 0 Å². The zero-order valence-electron chi connectivity index (χ0n) is 18.7. The highest BCUT2D eigenvalue weighted by molar-refractivity contribution is 7.92. The number of amides is 1. The van der Waals surface area contributed by atoms with Crippen LogP contribution in [0.4, 0.5) is 5.69 Å². The Labute approximate surface area is 193 Å². The van der Waals surface area contributed by atoms with Crippen molar-refractivity contribution in [3.8, 4) is 17.2 Å². The molecule has 1 atom stereocenters. The van der Waals surface area contributed by atoms with E-state index in [1.165, 1.54) is 0 Å². The predicted octanol–water partition coefficient (Wildman–Crippen LogP) is 2.42. The fourth-order valence-electron chi connectivity index (χ4n) is 3.74. The van der Waals surface area contributed by atoms with Crippen LogP contribution in [0, 0.1) is 6.92 Å². The smallest absolute Gasteiger partial charge is 0.243 e. The number of hydrogen-bond donors (Lipinski definition) is 1. The molecule has 33 heavy (non-hydrogen) atoms. The first-order valence-electron chi connectivity index (χ1n) is 10.5. The molecule has 0 aliphatic carbocycles. The lowest BCUT2D eigenvalue weighted by Gasteiger charge is -2.29. The second-order valence-corrected chi connectivity index (χ2v) is 9.65. The molecule has 9 nitrogen and oxygen atoms in total. The Hall–Kier alpha value is -3.53. The number of hydrogen-bond acceptors (Lipinski definition) is 6. The maximum absolute atomic E-state index is 12.9. The molecule has 174 valence electrons. The van der Waals surface area contributed by atoms with Crippen LogP contribution in [0.5, 0.6) is 11.5 Å². The Morgan fingerprint density at radius 1 is 1.15 bits per heavy atom. The molecule has 1 aliphatic heterocycles. The number of carbonyl (C=O) groups excluding carboxylic acids is 1. The lowest BCUT2D eigenvalue weighted by Crippen LogP contribution is -2.47.